The van der Waals surface area contributed by atoms with Crippen LogP contribution in [0.5, 0.6) is 0 Å². The summed E-state index contributed by atoms with van der Waals surface area (Å²) in [5.74, 6) is -2.85. The molecule has 0 aromatic heterocycles. The van der Waals surface area contributed by atoms with Gasteiger partial charge in [0.2, 0.25) is 17.7 Å². The number of rotatable bonds is 6. The normalized spacial score (nSPS) is 19.2. The number of hydrogen-bond acceptors (Lipinski definition) is 6. The number of ether oxygens (including phenoxy) is 1. The molecule has 3 atom stereocenters. The number of nitrogens with zero attached hydrogens (tertiary/aromatic N) is 1. The second kappa shape index (κ2) is 9.03. The van der Waals surface area contributed by atoms with Crippen molar-refractivity contribution in [2.75, 3.05) is 0 Å². The molecule has 3 unspecified atom stereocenters. The summed E-state index contributed by atoms with van der Waals surface area (Å²) in [7, 11) is 0. The van der Waals surface area contributed by atoms with E-state index in [4.69, 9.17) is 10.5 Å². The van der Waals surface area contributed by atoms with E-state index in [1.54, 1.807) is 34.6 Å². The van der Waals surface area contributed by atoms with Gasteiger partial charge in [-0.15, -0.1) is 0 Å². The Morgan fingerprint density at radius 3 is 2.18 bits per heavy atom. The van der Waals surface area contributed by atoms with Gasteiger partial charge in [0.1, 0.15) is 23.7 Å². The van der Waals surface area contributed by atoms with Crippen LogP contribution in [0.4, 0.5) is 4.79 Å². The summed E-state index contributed by atoms with van der Waals surface area (Å²) < 4.78 is 5.09. The van der Waals surface area contributed by atoms with Crippen LogP contribution < -0.4 is 16.4 Å². The lowest BCUT2D eigenvalue weighted by Gasteiger charge is -2.28. The van der Waals surface area contributed by atoms with Crippen molar-refractivity contribution >= 4 is 29.7 Å². The maximum absolute atomic E-state index is 12.7. The molecule has 10 nitrogen and oxygen atoms in total. The molecule has 0 aromatic carbocycles. The number of carbonyl (C=O) groups is 5. The van der Waals surface area contributed by atoms with Crippen LogP contribution in [0.15, 0.2) is 0 Å². The molecule has 1 rings (SSSR count). The van der Waals surface area contributed by atoms with Gasteiger partial charge in [-0.1, -0.05) is 13.8 Å². The summed E-state index contributed by atoms with van der Waals surface area (Å²) >= 11 is 0. The summed E-state index contributed by atoms with van der Waals surface area (Å²) in [6.45, 7) is 9.84. The Hall–Kier alpha value is -2.65. The van der Waals surface area contributed by atoms with E-state index in [0.29, 0.717) is 0 Å². The van der Waals surface area contributed by atoms with E-state index in [1.165, 1.54) is 6.92 Å². The molecule has 1 heterocycles. The summed E-state index contributed by atoms with van der Waals surface area (Å²) in [6.07, 6.45) is -0.681. The second-order valence-corrected chi connectivity index (χ2v) is 8.16. The van der Waals surface area contributed by atoms with Crippen molar-refractivity contribution in [1.29, 1.82) is 0 Å². The van der Waals surface area contributed by atoms with Crippen molar-refractivity contribution in [2.45, 2.75) is 78.1 Å². The van der Waals surface area contributed by atoms with Crippen molar-refractivity contribution in [3.05, 3.63) is 0 Å². The van der Waals surface area contributed by atoms with Crippen LogP contribution in [-0.4, -0.2) is 58.3 Å². The lowest BCUT2D eigenvalue weighted by atomic mass is 10.0. The van der Waals surface area contributed by atoms with Crippen molar-refractivity contribution < 1.29 is 28.7 Å². The number of hydrogen-bond donors (Lipinski definition) is 3. The SMILES string of the molecule is CC(NC(=O)OC(C)(C)C)C(=O)N1C(=O)CCC1C(=O)NC(C(N)=O)C(C)C. The molecule has 28 heavy (non-hydrogen) atoms. The van der Waals surface area contributed by atoms with Crippen LogP contribution in [0.2, 0.25) is 0 Å². The summed E-state index contributed by atoms with van der Waals surface area (Å²) in [5.41, 5.74) is 4.55. The minimum absolute atomic E-state index is 0.00585. The minimum atomic E-state index is -1.08. The van der Waals surface area contributed by atoms with Crippen molar-refractivity contribution in [3.63, 3.8) is 0 Å². The molecule has 0 aromatic rings. The molecule has 158 valence electrons. The molecule has 1 saturated heterocycles. The smallest absolute Gasteiger partial charge is 0.408 e. The summed E-state index contributed by atoms with van der Waals surface area (Å²) in [4.78, 5) is 61.7. The minimum Gasteiger partial charge on any atom is -0.444 e. The van der Waals surface area contributed by atoms with E-state index < -0.39 is 53.4 Å². The first-order valence-corrected chi connectivity index (χ1v) is 9.19. The number of alkyl carbamates (subject to hydrolysis) is 1. The van der Waals surface area contributed by atoms with Gasteiger partial charge in [-0.3, -0.25) is 24.1 Å². The highest BCUT2D eigenvalue weighted by Crippen LogP contribution is 2.21. The third-order valence-electron chi connectivity index (χ3n) is 4.13. The molecule has 1 aliphatic rings. The lowest BCUT2D eigenvalue weighted by Crippen LogP contribution is -2.57. The fourth-order valence-electron chi connectivity index (χ4n) is 2.78. The number of likely N-dealkylation sites (tertiary alicyclic amines) is 1. The van der Waals surface area contributed by atoms with Crippen LogP contribution in [-0.2, 0) is 23.9 Å². The molecule has 1 fully saturated rings. The molecule has 5 amide bonds. The summed E-state index contributed by atoms with van der Waals surface area (Å²) in [6, 6.07) is -3.06. The highest BCUT2D eigenvalue weighted by atomic mass is 16.6. The van der Waals surface area contributed by atoms with Gasteiger partial charge in [0.05, 0.1) is 0 Å². The van der Waals surface area contributed by atoms with Crippen molar-refractivity contribution in [1.82, 2.24) is 15.5 Å². The number of primary amides is 1. The Balaban J connectivity index is 2.87. The van der Waals surface area contributed by atoms with Crippen LogP contribution in [0.3, 0.4) is 0 Å². The first-order valence-electron chi connectivity index (χ1n) is 9.19. The van der Waals surface area contributed by atoms with Gasteiger partial charge in [-0.05, 0) is 40.0 Å². The van der Waals surface area contributed by atoms with E-state index in [0.717, 1.165) is 4.90 Å². The zero-order valence-corrected chi connectivity index (χ0v) is 17.2. The van der Waals surface area contributed by atoms with E-state index in [2.05, 4.69) is 10.6 Å². The number of nitrogens with one attached hydrogen (secondary N) is 2. The molecule has 10 heteroatoms. The Kier molecular flexibility index (Phi) is 7.54. The van der Waals surface area contributed by atoms with Gasteiger partial charge in [-0.2, -0.15) is 0 Å². The zero-order valence-electron chi connectivity index (χ0n) is 17.2. The van der Waals surface area contributed by atoms with E-state index in [9.17, 15) is 24.0 Å². The topological polar surface area (TPSA) is 148 Å². The molecule has 0 aliphatic carbocycles. The Morgan fingerprint density at radius 2 is 1.71 bits per heavy atom. The third kappa shape index (κ3) is 6.21. The number of nitrogens with two attached hydrogens (primary N) is 1. The number of amides is 5. The third-order valence-corrected chi connectivity index (χ3v) is 4.13. The molecular formula is C18H30N4O6. The fourth-order valence-corrected chi connectivity index (χ4v) is 2.78. The van der Waals surface area contributed by atoms with Gasteiger partial charge in [-0.25, -0.2) is 4.79 Å². The molecular weight excluding hydrogens is 368 g/mol. The molecule has 0 saturated carbocycles. The van der Waals surface area contributed by atoms with Crippen molar-refractivity contribution in [2.24, 2.45) is 11.7 Å². The fraction of sp³-hybridized carbons (Fsp3) is 0.722. The molecule has 4 N–H and O–H groups in total. The van der Waals surface area contributed by atoms with E-state index >= 15 is 0 Å². The Labute approximate surface area is 164 Å². The maximum atomic E-state index is 12.7. The lowest BCUT2D eigenvalue weighted by molar-refractivity contribution is -0.149. The highest BCUT2D eigenvalue weighted by Gasteiger charge is 2.43. The molecule has 0 bridgehead atoms. The van der Waals surface area contributed by atoms with Crippen LogP contribution in [0.25, 0.3) is 0 Å². The monoisotopic (exact) mass is 398 g/mol. The van der Waals surface area contributed by atoms with Gasteiger partial charge < -0.3 is 21.1 Å². The van der Waals surface area contributed by atoms with Gasteiger partial charge in [0.25, 0.3) is 5.91 Å². The highest BCUT2D eigenvalue weighted by molar-refractivity contribution is 6.05. The molecule has 1 aliphatic heterocycles. The maximum Gasteiger partial charge on any atom is 0.408 e. The first-order chi connectivity index (χ1) is 12.7. The number of imide groups is 1. The first kappa shape index (κ1) is 23.4. The van der Waals surface area contributed by atoms with Gasteiger partial charge in [0, 0.05) is 6.42 Å². The van der Waals surface area contributed by atoms with Gasteiger partial charge in [0.15, 0.2) is 0 Å². The van der Waals surface area contributed by atoms with Crippen LogP contribution in [0, 0.1) is 5.92 Å². The average molecular weight is 398 g/mol. The average Bonchev–Trinajstić information content (AvgIpc) is 2.90. The molecule has 0 radical (unpaired) electrons. The van der Waals surface area contributed by atoms with E-state index in [1.807, 2.05) is 0 Å². The largest absolute Gasteiger partial charge is 0.444 e. The Bertz CT molecular complexity index is 655. The predicted molar refractivity (Wildman–Crippen MR) is 99.7 cm³/mol. The number of carbonyl (C=O) groups excluding carboxylic acids is 5. The van der Waals surface area contributed by atoms with E-state index in [-0.39, 0.29) is 18.8 Å². The van der Waals surface area contributed by atoms with Gasteiger partial charge >= 0.3 is 6.09 Å². The van der Waals surface area contributed by atoms with Crippen molar-refractivity contribution in [3.8, 4) is 0 Å². The van der Waals surface area contributed by atoms with Crippen LogP contribution >= 0.6 is 0 Å². The quantitative estimate of drug-likeness (QED) is 0.575. The second-order valence-electron chi connectivity index (χ2n) is 8.16. The standard InChI is InChI=1S/C18H30N4O6/c1-9(2)13(14(19)24)21-15(25)11-7-8-12(23)22(11)16(26)10(3)20-17(27)28-18(4,5)6/h9-11,13H,7-8H2,1-6H3,(H2,19,24)(H,20,27)(H,21,25). The summed E-state index contributed by atoms with van der Waals surface area (Å²) in [5, 5.41) is 4.86. The van der Waals surface area contributed by atoms with Crippen LogP contribution in [0.1, 0.15) is 54.4 Å². The molecule has 0 spiro atoms. The Morgan fingerprint density at radius 1 is 1.14 bits per heavy atom. The zero-order chi connectivity index (χ0) is 21.8. The predicted octanol–water partition coefficient (Wildman–Crippen LogP) is 0.0433.